The summed E-state index contributed by atoms with van der Waals surface area (Å²) in [5.74, 6) is 0. The van der Waals surface area contributed by atoms with Crippen molar-refractivity contribution < 1.29 is 14.4 Å². The van der Waals surface area contributed by atoms with Crippen LogP contribution in [0, 0.1) is 0 Å². The van der Waals surface area contributed by atoms with Gasteiger partial charge in [0.2, 0.25) is 0 Å². The van der Waals surface area contributed by atoms with Crippen molar-refractivity contribution in [2.45, 2.75) is 122 Å². The molecule has 25 heavy (non-hydrogen) atoms. The number of rotatable bonds is 19. The molecule has 152 valence electrons. The zero-order valence-corrected chi connectivity index (χ0v) is 17.5. The minimum atomic E-state index is -3.87. The maximum Gasteiger partial charge on any atom is 0.325 e. The van der Waals surface area contributed by atoms with Gasteiger partial charge in [-0.05, 0) is 12.8 Å². The highest BCUT2D eigenvalue weighted by atomic mass is 31.2. The van der Waals surface area contributed by atoms with E-state index in [0.717, 1.165) is 12.8 Å². The zero-order valence-electron chi connectivity index (χ0n) is 16.6. The Morgan fingerprint density at radius 1 is 0.680 bits per heavy atom. The zero-order chi connectivity index (χ0) is 18.8. The maximum absolute atomic E-state index is 10.8. The van der Waals surface area contributed by atoms with Gasteiger partial charge in [-0.3, -0.25) is 4.57 Å². The molecule has 0 radical (unpaired) electrons. The monoisotopic (exact) mass is 377 g/mol. The average molecular weight is 378 g/mol. The van der Waals surface area contributed by atoms with Gasteiger partial charge in [0.15, 0.2) is 0 Å². The molecular weight excluding hydrogens is 333 g/mol. The van der Waals surface area contributed by atoms with Gasteiger partial charge >= 0.3 is 7.60 Å². The smallest absolute Gasteiger partial charge is 0.325 e. The van der Waals surface area contributed by atoms with Crippen LogP contribution < -0.4 is 5.73 Å². The molecule has 0 aromatic carbocycles. The molecule has 4 nitrogen and oxygen atoms in total. The van der Waals surface area contributed by atoms with Crippen LogP contribution in [0.2, 0.25) is 0 Å². The van der Waals surface area contributed by atoms with E-state index in [1.165, 1.54) is 89.9 Å². The Bertz CT molecular complexity index is 320. The summed E-state index contributed by atoms with van der Waals surface area (Å²) >= 11 is 0. The molecule has 0 aliphatic heterocycles. The van der Waals surface area contributed by atoms with Crippen LogP contribution in [0.5, 0.6) is 0 Å². The first-order valence-corrected chi connectivity index (χ1v) is 12.6. The van der Waals surface area contributed by atoms with E-state index in [2.05, 4.69) is 6.92 Å². The fourth-order valence-electron chi connectivity index (χ4n) is 3.26. The third kappa shape index (κ3) is 22.1. The van der Waals surface area contributed by atoms with Crippen molar-refractivity contribution in [2.24, 2.45) is 5.73 Å². The Hall–Kier alpha value is 0.110. The summed E-state index contributed by atoms with van der Waals surface area (Å²) in [6.07, 6.45) is 21.5. The van der Waals surface area contributed by atoms with Crippen molar-refractivity contribution in [2.75, 3.05) is 6.16 Å². The quantitative estimate of drug-likeness (QED) is 0.186. The average Bonchev–Trinajstić information content (AvgIpc) is 2.56. The van der Waals surface area contributed by atoms with E-state index in [1.54, 1.807) is 0 Å². The molecule has 0 saturated heterocycles. The maximum atomic E-state index is 10.8. The van der Waals surface area contributed by atoms with Crippen LogP contribution in [0.4, 0.5) is 0 Å². The van der Waals surface area contributed by atoms with Crippen LogP contribution in [-0.2, 0) is 4.57 Å². The third-order valence-electron chi connectivity index (χ3n) is 4.97. The molecule has 1 unspecified atom stereocenters. The highest BCUT2D eigenvalue weighted by molar-refractivity contribution is 7.51. The van der Waals surface area contributed by atoms with Gasteiger partial charge in [0.25, 0.3) is 0 Å². The van der Waals surface area contributed by atoms with Crippen LogP contribution >= 0.6 is 7.60 Å². The third-order valence-corrected chi connectivity index (χ3v) is 5.81. The van der Waals surface area contributed by atoms with E-state index in [4.69, 9.17) is 15.5 Å². The lowest BCUT2D eigenvalue weighted by molar-refractivity contribution is 0.368. The molecular formula is C20H44NO3P. The first-order valence-electron chi connectivity index (χ1n) is 10.8. The Labute approximate surface area is 156 Å². The van der Waals surface area contributed by atoms with Crippen LogP contribution in [0.25, 0.3) is 0 Å². The van der Waals surface area contributed by atoms with Gasteiger partial charge in [-0.2, -0.15) is 0 Å². The number of hydrogen-bond donors (Lipinski definition) is 3. The molecule has 0 spiro atoms. The molecule has 5 heteroatoms. The lowest BCUT2D eigenvalue weighted by Crippen LogP contribution is -2.21. The predicted octanol–water partition coefficient (Wildman–Crippen LogP) is 6.14. The van der Waals surface area contributed by atoms with Crippen LogP contribution in [-0.4, -0.2) is 22.0 Å². The molecule has 0 rings (SSSR count). The molecule has 0 amide bonds. The fraction of sp³-hybridized carbons (Fsp3) is 1.00. The lowest BCUT2D eigenvalue weighted by Gasteiger charge is -2.11. The van der Waals surface area contributed by atoms with Crippen LogP contribution in [0.1, 0.15) is 116 Å². The molecule has 0 aromatic heterocycles. The van der Waals surface area contributed by atoms with Crippen LogP contribution in [0.3, 0.4) is 0 Å². The molecule has 0 fully saturated rings. The van der Waals surface area contributed by atoms with Gasteiger partial charge in [0.05, 0.1) is 6.16 Å². The van der Waals surface area contributed by atoms with Gasteiger partial charge in [-0.15, -0.1) is 0 Å². The summed E-state index contributed by atoms with van der Waals surface area (Å²) in [5.41, 5.74) is 5.89. The summed E-state index contributed by atoms with van der Waals surface area (Å²) in [4.78, 5) is 17.7. The van der Waals surface area contributed by atoms with Gasteiger partial charge in [-0.25, -0.2) is 0 Å². The summed E-state index contributed by atoms with van der Waals surface area (Å²) in [7, 11) is -3.87. The molecule has 0 bridgehead atoms. The fourth-order valence-corrected chi connectivity index (χ4v) is 3.92. The van der Waals surface area contributed by atoms with Gasteiger partial charge in [0, 0.05) is 6.04 Å². The van der Waals surface area contributed by atoms with Gasteiger partial charge in [-0.1, -0.05) is 103 Å². The van der Waals surface area contributed by atoms with E-state index in [9.17, 15) is 4.57 Å². The molecule has 1 atom stereocenters. The Kier molecular flexibility index (Phi) is 17.6. The Morgan fingerprint density at radius 2 is 1.04 bits per heavy atom. The molecule has 0 heterocycles. The second-order valence-electron chi connectivity index (χ2n) is 7.68. The van der Waals surface area contributed by atoms with E-state index < -0.39 is 7.60 Å². The SMILES string of the molecule is CCCCCCCCCCCCCCCCCC(N)CCP(=O)(O)O. The second-order valence-corrected chi connectivity index (χ2v) is 9.45. The van der Waals surface area contributed by atoms with Crippen LogP contribution in [0.15, 0.2) is 0 Å². The number of unbranched alkanes of at least 4 members (excludes halogenated alkanes) is 14. The van der Waals surface area contributed by atoms with Crippen molar-refractivity contribution in [3.05, 3.63) is 0 Å². The van der Waals surface area contributed by atoms with Crippen molar-refractivity contribution in [1.29, 1.82) is 0 Å². The number of nitrogens with two attached hydrogens (primary N) is 1. The molecule has 0 saturated carbocycles. The minimum absolute atomic E-state index is 0.0606. The van der Waals surface area contributed by atoms with Crippen molar-refractivity contribution in [3.63, 3.8) is 0 Å². The first-order chi connectivity index (χ1) is 12.0. The minimum Gasteiger partial charge on any atom is -0.328 e. The second kappa shape index (κ2) is 17.5. The highest BCUT2D eigenvalue weighted by Crippen LogP contribution is 2.35. The van der Waals surface area contributed by atoms with E-state index >= 15 is 0 Å². The largest absolute Gasteiger partial charge is 0.328 e. The lowest BCUT2D eigenvalue weighted by atomic mass is 10.0. The van der Waals surface area contributed by atoms with E-state index in [0.29, 0.717) is 6.42 Å². The molecule has 4 N–H and O–H groups in total. The summed E-state index contributed by atoms with van der Waals surface area (Å²) < 4.78 is 10.8. The van der Waals surface area contributed by atoms with E-state index in [1.807, 2.05) is 0 Å². The van der Waals surface area contributed by atoms with E-state index in [-0.39, 0.29) is 12.2 Å². The first kappa shape index (κ1) is 25.1. The van der Waals surface area contributed by atoms with Gasteiger partial charge < -0.3 is 15.5 Å². The predicted molar refractivity (Wildman–Crippen MR) is 109 cm³/mol. The van der Waals surface area contributed by atoms with Gasteiger partial charge in [0.1, 0.15) is 0 Å². The molecule has 0 aliphatic rings. The highest BCUT2D eigenvalue weighted by Gasteiger charge is 2.14. The summed E-state index contributed by atoms with van der Waals surface area (Å²) in [6, 6.07) is -0.0606. The normalized spacial score (nSPS) is 13.3. The molecule has 0 aliphatic carbocycles. The molecule has 0 aromatic rings. The van der Waals surface area contributed by atoms with Crippen molar-refractivity contribution in [3.8, 4) is 0 Å². The Morgan fingerprint density at radius 3 is 1.40 bits per heavy atom. The topological polar surface area (TPSA) is 83.6 Å². The van der Waals surface area contributed by atoms with Crippen molar-refractivity contribution in [1.82, 2.24) is 0 Å². The standard InChI is InChI=1S/C20H44NO3P/c1-2-3-4-5-6-7-8-9-10-11-12-13-14-15-16-17-20(21)18-19-25(22,23)24/h20H,2-19,21H2,1H3,(H2,22,23,24). The Balaban J connectivity index is 3.15. The summed E-state index contributed by atoms with van der Waals surface area (Å²) in [5, 5.41) is 0. The number of hydrogen-bond acceptors (Lipinski definition) is 2. The van der Waals surface area contributed by atoms with Crippen molar-refractivity contribution >= 4 is 7.60 Å². The summed E-state index contributed by atoms with van der Waals surface area (Å²) in [6.45, 7) is 2.27.